The first kappa shape index (κ1) is 18.9. The van der Waals surface area contributed by atoms with E-state index in [-0.39, 0.29) is 23.3 Å². The van der Waals surface area contributed by atoms with Gasteiger partial charge in [0.1, 0.15) is 5.54 Å². The van der Waals surface area contributed by atoms with Crippen molar-refractivity contribution in [3.8, 4) is 0 Å². The van der Waals surface area contributed by atoms with E-state index in [1.165, 1.54) is 0 Å². The van der Waals surface area contributed by atoms with E-state index in [0.29, 0.717) is 0 Å². The average Bonchev–Trinajstić information content (AvgIpc) is 3.16. The lowest BCUT2D eigenvalue weighted by molar-refractivity contribution is -0.125. The number of carbonyl (C=O) groups is 2. The molecule has 146 valence electrons. The van der Waals surface area contributed by atoms with Crippen LogP contribution in [0, 0.1) is 11.3 Å². The molecule has 0 spiro atoms. The largest absolute Gasteiger partial charge is 0.381 e. The number of imide groups is 1. The maximum Gasteiger partial charge on any atom is 0.322 e. The summed E-state index contributed by atoms with van der Waals surface area (Å²) >= 11 is 0. The minimum absolute atomic E-state index is 0.124. The molecule has 2 unspecified atom stereocenters. The summed E-state index contributed by atoms with van der Waals surface area (Å²) in [5, 5.41) is 8.56. The van der Waals surface area contributed by atoms with Crippen molar-refractivity contribution in [3.05, 3.63) is 0 Å². The summed E-state index contributed by atoms with van der Waals surface area (Å²) in [6.07, 6.45) is 2.73. The zero-order valence-electron chi connectivity index (χ0n) is 16.1. The van der Waals surface area contributed by atoms with Crippen molar-refractivity contribution >= 4 is 17.9 Å². The quantitative estimate of drug-likeness (QED) is 0.387. The standard InChI is InChI=1S/C18H31N5O3/c1-4-19-15(20-11-17(2)7-10-26-12-17)23-8-5-13(6-9-23)18(3)14(24)21-16(25)22-18/h13H,4-12H2,1-3H3,(H,19,20)(H2,21,22,24,25). The van der Waals surface area contributed by atoms with Crippen LogP contribution in [0.15, 0.2) is 4.99 Å². The number of amides is 3. The molecule has 0 aromatic rings. The molecule has 2 atom stereocenters. The van der Waals surface area contributed by atoms with E-state index in [1.54, 1.807) is 0 Å². The molecule has 8 nitrogen and oxygen atoms in total. The van der Waals surface area contributed by atoms with Crippen molar-refractivity contribution in [2.24, 2.45) is 16.3 Å². The minimum atomic E-state index is -0.798. The molecule has 3 saturated heterocycles. The fourth-order valence-electron chi connectivity index (χ4n) is 4.04. The van der Waals surface area contributed by atoms with Crippen LogP contribution in [0.1, 0.15) is 40.0 Å². The van der Waals surface area contributed by atoms with E-state index in [9.17, 15) is 9.59 Å². The van der Waals surface area contributed by atoms with Gasteiger partial charge in [-0.1, -0.05) is 6.92 Å². The van der Waals surface area contributed by atoms with Crippen molar-refractivity contribution in [3.63, 3.8) is 0 Å². The lowest BCUT2D eigenvalue weighted by Gasteiger charge is -2.40. The number of rotatable bonds is 4. The Hall–Kier alpha value is -1.83. The summed E-state index contributed by atoms with van der Waals surface area (Å²) in [5.41, 5.74) is -0.675. The number of urea groups is 1. The van der Waals surface area contributed by atoms with Crippen LogP contribution >= 0.6 is 0 Å². The second-order valence-corrected chi connectivity index (χ2v) is 8.16. The molecule has 3 N–H and O–H groups in total. The van der Waals surface area contributed by atoms with Crippen LogP contribution in [0.5, 0.6) is 0 Å². The van der Waals surface area contributed by atoms with Crippen LogP contribution in [-0.2, 0) is 9.53 Å². The Labute approximate surface area is 155 Å². The SMILES string of the molecule is CCNC(=NCC1(C)CCOC1)N1CCC(C2(C)NC(=O)NC2=O)CC1. The Kier molecular flexibility index (Phi) is 5.41. The van der Waals surface area contributed by atoms with Crippen LogP contribution in [0.4, 0.5) is 4.79 Å². The van der Waals surface area contributed by atoms with Gasteiger partial charge in [-0.2, -0.15) is 0 Å². The molecule has 0 aromatic carbocycles. The van der Waals surface area contributed by atoms with Crippen molar-refractivity contribution in [1.29, 1.82) is 0 Å². The Morgan fingerprint density at radius 1 is 1.35 bits per heavy atom. The molecular formula is C18H31N5O3. The topological polar surface area (TPSA) is 95.1 Å². The summed E-state index contributed by atoms with van der Waals surface area (Å²) in [5.74, 6) is 0.855. The Balaban J connectivity index is 1.61. The first-order valence-corrected chi connectivity index (χ1v) is 9.61. The normalized spacial score (nSPS) is 33.3. The second-order valence-electron chi connectivity index (χ2n) is 8.16. The van der Waals surface area contributed by atoms with Gasteiger partial charge in [0.25, 0.3) is 5.91 Å². The molecule has 3 amide bonds. The molecule has 8 heteroatoms. The number of carbonyl (C=O) groups excluding carboxylic acids is 2. The van der Waals surface area contributed by atoms with Gasteiger partial charge >= 0.3 is 6.03 Å². The predicted octanol–water partition coefficient (Wildman–Crippen LogP) is 0.689. The summed E-state index contributed by atoms with van der Waals surface area (Å²) < 4.78 is 5.52. The Morgan fingerprint density at radius 3 is 2.62 bits per heavy atom. The molecule has 3 rings (SSSR count). The van der Waals surface area contributed by atoms with Gasteiger partial charge in [0, 0.05) is 31.7 Å². The van der Waals surface area contributed by atoms with Gasteiger partial charge in [0.05, 0.1) is 13.2 Å². The van der Waals surface area contributed by atoms with Gasteiger partial charge in [-0.05, 0) is 39.0 Å². The number of hydrogen-bond donors (Lipinski definition) is 3. The number of ether oxygens (including phenoxy) is 1. The first-order chi connectivity index (χ1) is 12.4. The van der Waals surface area contributed by atoms with E-state index in [4.69, 9.17) is 9.73 Å². The molecule has 0 aromatic heterocycles. The van der Waals surface area contributed by atoms with Crippen LogP contribution < -0.4 is 16.0 Å². The summed E-state index contributed by atoms with van der Waals surface area (Å²) in [6, 6.07) is -0.387. The average molecular weight is 365 g/mol. The molecule has 3 fully saturated rings. The fourth-order valence-corrected chi connectivity index (χ4v) is 4.04. The van der Waals surface area contributed by atoms with Gasteiger partial charge in [-0.15, -0.1) is 0 Å². The van der Waals surface area contributed by atoms with E-state index in [0.717, 1.165) is 64.6 Å². The molecule has 0 radical (unpaired) electrons. The zero-order chi connectivity index (χ0) is 18.8. The lowest BCUT2D eigenvalue weighted by Crippen LogP contribution is -2.55. The number of hydrogen-bond acceptors (Lipinski definition) is 4. The molecule has 3 aliphatic heterocycles. The molecule has 3 aliphatic rings. The first-order valence-electron chi connectivity index (χ1n) is 9.61. The van der Waals surface area contributed by atoms with Crippen molar-refractivity contribution in [2.75, 3.05) is 39.4 Å². The number of nitrogens with one attached hydrogen (secondary N) is 3. The smallest absolute Gasteiger partial charge is 0.322 e. The third-order valence-corrected chi connectivity index (χ3v) is 5.93. The zero-order valence-corrected chi connectivity index (χ0v) is 16.1. The van der Waals surface area contributed by atoms with E-state index in [2.05, 4.69) is 34.7 Å². The van der Waals surface area contributed by atoms with Crippen LogP contribution in [-0.4, -0.2) is 67.7 Å². The minimum Gasteiger partial charge on any atom is -0.381 e. The molecule has 0 aliphatic carbocycles. The van der Waals surface area contributed by atoms with E-state index >= 15 is 0 Å². The van der Waals surface area contributed by atoms with Gasteiger partial charge in [-0.3, -0.25) is 15.1 Å². The van der Waals surface area contributed by atoms with Crippen molar-refractivity contribution in [2.45, 2.75) is 45.6 Å². The monoisotopic (exact) mass is 365 g/mol. The van der Waals surface area contributed by atoms with Crippen LogP contribution in [0.3, 0.4) is 0 Å². The molecule has 0 saturated carbocycles. The van der Waals surface area contributed by atoms with Gasteiger partial charge in [-0.25, -0.2) is 4.79 Å². The maximum absolute atomic E-state index is 12.2. The highest BCUT2D eigenvalue weighted by Gasteiger charge is 2.48. The number of aliphatic imine (C=N–C) groups is 1. The highest BCUT2D eigenvalue weighted by molar-refractivity contribution is 6.07. The number of piperidine rings is 1. The molecule has 26 heavy (non-hydrogen) atoms. The second kappa shape index (κ2) is 7.42. The number of likely N-dealkylation sites (tertiary alicyclic amines) is 1. The highest BCUT2D eigenvalue weighted by Crippen LogP contribution is 2.31. The number of guanidine groups is 1. The fraction of sp³-hybridized carbons (Fsp3) is 0.833. The van der Waals surface area contributed by atoms with Gasteiger partial charge in [0.15, 0.2) is 5.96 Å². The highest BCUT2D eigenvalue weighted by atomic mass is 16.5. The van der Waals surface area contributed by atoms with E-state index in [1.807, 2.05) is 6.92 Å². The molecule has 0 bridgehead atoms. The predicted molar refractivity (Wildman–Crippen MR) is 98.9 cm³/mol. The maximum atomic E-state index is 12.2. The van der Waals surface area contributed by atoms with Crippen LogP contribution in [0.2, 0.25) is 0 Å². The van der Waals surface area contributed by atoms with E-state index < -0.39 is 5.54 Å². The van der Waals surface area contributed by atoms with Gasteiger partial charge < -0.3 is 20.3 Å². The number of nitrogens with zero attached hydrogens (tertiary/aromatic N) is 2. The van der Waals surface area contributed by atoms with Crippen molar-refractivity contribution < 1.29 is 14.3 Å². The summed E-state index contributed by atoms with van der Waals surface area (Å²) in [4.78, 5) is 30.8. The van der Waals surface area contributed by atoms with Crippen LogP contribution in [0.25, 0.3) is 0 Å². The third kappa shape index (κ3) is 3.79. The molecular weight excluding hydrogens is 334 g/mol. The summed E-state index contributed by atoms with van der Waals surface area (Å²) in [6.45, 7) is 10.9. The Bertz CT molecular complexity index is 579. The van der Waals surface area contributed by atoms with Gasteiger partial charge in [0.2, 0.25) is 0 Å². The third-order valence-electron chi connectivity index (χ3n) is 5.93. The molecule has 3 heterocycles. The lowest BCUT2D eigenvalue weighted by atomic mass is 9.79. The van der Waals surface area contributed by atoms with Crippen molar-refractivity contribution in [1.82, 2.24) is 20.9 Å². The summed E-state index contributed by atoms with van der Waals surface area (Å²) in [7, 11) is 0. The Morgan fingerprint density at radius 2 is 2.08 bits per heavy atom.